The summed E-state index contributed by atoms with van der Waals surface area (Å²) < 4.78 is 18.5. The maximum atomic E-state index is 6.16. The normalized spacial score (nSPS) is 14.0. The lowest BCUT2D eigenvalue weighted by Crippen LogP contribution is -2.36. The average molecular weight is 556 g/mol. The van der Waals surface area contributed by atoms with Crippen molar-refractivity contribution in [3.8, 4) is 11.5 Å². The molecule has 0 spiro atoms. The zero-order chi connectivity index (χ0) is 23.0. The second-order valence-corrected chi connectivity index (χ2v) is 9.08. The van der Waals surface area contributed by atoms with Crippen molar-refractivity contribution in [3.63, 3.8) is 0 Å². The van der Waals surface area contributed by atoms with E-state index in [0.29, 0.717) is 13.2 Å². The Balaban J connectivity index is 1.47. The molecular weight excluding hydrogens is 527 g/mol. The summed E-state index contributed by atoms with van der Waals surface area (Å²) in [5.74, 6) is 1.51. The molecule has 0 bridgehead atoms. The molecule has 1 saturated heterocycles. The summed E-state index contributed by atoms with van der Waals surface area (Å²) in [5.41, 5.74) is 5.46. The third-order valence-electron chi connectivity index (χ3n) is 5.39. The number of morpholine rings is 1. The van der Waals surface area contributed by atoms with E-state index in [4.69, 9.17) is 14.2 Å². The topological polar surface area (TPSA) is 43.3 Å². The number of ether oxygens (including phenoxy) is 3. The van der Waals surface area contributed by atoms with Crippen LogP contribution in [0.4, 0.5) is 11.4 Å². The van der Waals surface area contributed by atoms with Crippen molar-refractivity contribution >= 4 is 40.2 Å². The molecule has 5 nitrogen and oxygen atoms in total. The second-order valence-electron chi connectivity index (χ2n) is 7.91. The van der Waals surface area contributed by atoms with Gasteiger partial charge < -0.3 is 19.1 Å². The van der Waals surface area contributed by atoms with E-state index in [0.717, 1.165) is 58.2 Å². The van der Waals surface area contributed by atoms with Crippen LogP contribution in [0.25, 0.3) is 0 Å². The van der Waals surface area contributed by atoms with Gasteiger partial charge in [-0.05, 0) is 84.0 Å². The van der Waals surface area contributed by atoms with Crippen molar-refractivity contribution in [2.45, 2.75) is 20.5 Å². The summed E-state index contributed by atoms with van der Waals surface area (Å²) in [6.07, 6.45) is 1.87. The van der Waals surface area contributed by atoms with E-state index in [9.17, 15) is 0 Å². The maximum Gasteiger partial charge on any atom is 0.175 e. The zero-order valence-corrected chi connectivity index (χ0v) is 21.2. The van der Waals surface area contributed by atoms with Gasteiger partial charge in [-0.3, -0.25) is 4.99 Å². The van der Waals surface area contributed by atoms with Crippen LogP contribution in [-0.4, -0.2) is 39.1 Å². The molecule has 0 saturated carbocycles. The van der Waals surface area contributed by atoms with Crippen LogP contribution in [0.3, 0.4) is 0 Å². The summed E-state index contributed by atoms with van der Waals surface area (Å²) >= 11 is 2.30. The SMILES string of the molecule is CCOc1cc(C=Nc2ccc(N3CCOCC3)cc2)cc(I)c1OCc1cccc(C)c1. The van der Waals surface area contributed by atoms with Crippen molar-refractivity contribution in [2.75, 3.05) is 37.8 Å². The number of hydrogen-bond acceptors (Lipinski definition) is 5. The van der Waals surface area contributed by atoms with Crippen LogP contribution >= 0.6 is 22.6 Å². The number of hydrogen-bond donors (Lipinski definition) is 0. The van der Waals surface area contributed by atoms with Gasteiger partial charge in [-0.1, -0.05) is 29.8 Å². The van der Waals surface area contributed by atoms with Crippen LogP contribution in [-0.2, 0) is 11.3 Å². The summed E-state index contributed by atoms with van der Waals surface area (Å²) in [7, 11) is 0. The Bertz CT molecular complexity index is 1090. The third-order valence-corrected chi connectivity index (χ3v) is 6.19. The molecule has 0 unspecified atom stereocenters. The van der Waals surface area contributed by atoms with Crippen LogP contribution in [0.2, 0.25) is 0 Å². The van der Waals surface area contributed by atoms with E-state index >= 15 is 0 Å². The molecule has 0 atom stereocenters. The summed E-state index contributed by atoms with van der Waals surface area (Å²) in [4.78, 5) is 7.01. The van der Waals surface area contributed by atoms with Crippen LogP contribution in [0.5, 0.6) is 11.5 Å². The fraction of sp³-hybridized carbons (Fsp3) is 0.296. The monoisotopic (exact) mass is 556 g/mol. The first-order chi connectivity index (χ1) is 16.1. The highest BCUT2D eigenvalue weighted by Crippen LogP contribution is 2.35. The Morgan fingerprint density at radius 1 is 1.03 bits per heavy atom. The standard InChI is InChI=1S/C27H29IN2O3/c1-3-32-26-17-22(16-25(28)27(26)33-19-21-6-4-5-20(2)15-21)18-29-23-7-9-24(10-8-23)30-11-13-31-14-12-30/h4-10,15-18H,3,11-14,19H2,1-2H3. The van der Waals surface area contributed by atoms with Crippen molar-refractivity contribution in [1.29, 1.82) is 0 Å². The number of anilines is 1. The van der Waals surface area contributed by atoms with Gasteiger partial charge in [0, 0.05) is 25.0 Å². The first kappa shape index (κ1) is 23.6. The predicted molar refractivity (Wildman–Crippen MR) is 143 cm³/mol. The van der Waals surface area contributed by atoms with Gasteiger partial charge in [0.1, 0.15) is 6.61 Å². The zero-order valence-electron chi connectivity index (χ0n) is 19.1. The van der Waals surface area contributed by atoms with Crippen molar-refractivity contribution in [2.24, 2.45) is 4.99 Å². The minimum Gasteiger partial charge on any atom is -0.490 e. The lowest BCUT2D eigenvalue weighted by molar-refractivity contribution is 0.122. The molecule has 33 heavy (non-hydrogen) atoms. The smallest absolute Gasteiger partial charge is 0.175 e. The predicted octanol–water partition coefficient (Wildman–Crippen LogP) is 6.16. The average Bonchev–Trinajstić information content (AvgIpc) is 2.83. The van der Waals surface area contributed by atoms with Gasteiger partial charge >= 0.3 is 0 Å². The molecular formula is C27H29IN2O3. The lowest BCUT2D eigenvalue weighted by Gasteiger charge is -2.28. The van der Waals surface area contributed by atoms with E-state index in [-0.39, 0.29) is 0 Å². The molecule has 0 amide bonds. The van der Waals surface area contributed by atoms with Crippen molar-refractivity contribution < 1.29 is 14.2 Å². The molecule has 172 valence electrons. The van der Waals surface area contributed by atoms with Gasteiger partial charge in [-0.15, -0.1) is 0 Å². The van der Waals surface area contributed by atoms with E-state index in [1.54, 1.807) is 0 Å². The number of rotatable bonds is 8. The fourth-order valence-corrected chi connectivity index (χ4v) is 4.52. The Hall–Kier alpha value is -2.58. The molecule has 1 aliphatic rings. The summed E-state index contributed by atoms with van der Waals surface area (Å²) in [6.45, 7) is 8.56. The summed E-state index contributed by atoms with van der Waals surface area (Å²) in [5, 5.41) is 0. The quantitative estimate of drug-likeness (QED) is 0.246. The Morgan fingerprint density at radius 2 is 1.82 bits per heavy atom. The molecule has 4 rings (SSSR count). The molecule has 1 heterocycles. The van der Waals surface area contributed by atoms with Crippen LogP contribution in [0, 0.1) is 10.5 Å². The molecule has 1 aliphatic heterocycles. The number of halogens is 1. The largest absolute Gasteiger partial charge is 0.490 e. The van der Waals surface area contributed by atoms with Gasteiger partial charge in [-0.25, -0.2) is 0 Å². The van der Waals surface area contributed by atoms with Gasteiger partial charge in [0.15, 0.2) is 11.5 Å². The first-order valence-electron chi connectivity index (χ1n) is 11.2. The van der Waals surface area contributed by atoms with E-state index in [1.165, 1.54) is 11.3 Å². The minimum absolute atomic E-state index is 0.501. The fourth-order valence-electron chi connectivity index (χ4n) is 3.74. The van der Waals surface area contributed by atoms with Crippen molar-refractivity contribution in [1.82, 2.24) is 0 Å². The molecule has 0 aliphatic carbocycles. The molecule has 0 N–H and O–H groups in total. The molecule has 3 aromatic rings. The summed E-state index contributed by atoms with van der Waals surface area (Å²) in [6, 6.07) is 20.8. The number of aliphatic imine (C=N–C) groups is 1. The Kier molecular flexibility index (Phi) is 8.23. The minimum atomic E-state index is 0.501. The van der Waals surface area contributed by atoms with Crippen molar-refractivity contribution in [3.05, 3.63) is 80.9 Å². The second kappa shape index (κ2) is 11.5. The number of nitrogens with zero attached hydrogens (tertiary/aromatic N) is 2. The van der Waals surface area contributed by atoms with E-state index in [2.05, 4.69) is 94.0 Å². The lowest BCUT2D eigenvalue weighted by atomic mass is 10.1. The number of benzene rings is 3. The highest BCUT2D eigenvalue weighted by molar-refractivity contribution is 14.1. The van der Waals surface area contributed by atoms with E-state index in [1.807, 2.05) is 19.2 Å². The number of aryl methyl sites for hydroxylation is 1. The molecule has 0 radical (unpaired) electrons. The molecule has 1 fully saturated rings. The molecule has 0 aromatic heterocycles. The van der Waals surface area contributed by atoms with Gasteiger partial charge in [0.2, 0.25) is 0 Å². The van der Waals surface area contributed by atoms with Gasteiger partial charge in [0.25, 0.3) is 0 Å². The highest BCUT2D eigenvalue weighted by atomic mass is 127. The third kappa shape index (κ3) is 6.48. The van der Waals surface area contributed by atoms with Gasteiger partial charge in [-0.2, -0.15) is 0 Å². The van der Waals surface area contributed by atoms with Gasteiger partial charge in [0.05, 0.1) is 29.1 Å². The van der Waals surface area contributed by atoms with E-state index < -0.39 is 0 Å². The molecule has 3 aromatic carbocycles. The van der Waals surface area contributed by atoms with Crippen LogP contribution in [0.15, 0.2) is 65.7 Å². The highest BCUT2D eigenvalue weighted by Gasteiger charge is 2.13. The maximum absolute atomic E-state index is 6.16. The Labute approximate surface area is 209 Å². The van der Waals surface area contributed by atoms with Crippen LogP contribution < -0.4 is 14.4 Å². The Morgan fingerprint density at radius 3 is 2.55 bits per heavy atom. The molecule has 6 heteroatoms. The first-order valence-corrected chi connectivity index (χ1v) is 12.3. The van der Waals surface area contributed by atoms with Crippen LogP contribution in [0.1, 0.15) is 23.6 Å².